The van der Waals surface area contributed by atoms with Gasteiger partial charge in [-0.3, -0.25) is 14.5 Å². The third kappa shape index (κ3) is 3.53. The molecule has 3 aliphatic heterocycles. The third-order valence-corrected chi connectivity index (χ3v) is 6.20. The maximum absolute atomic E-state index is 13.1. The lowest BCUT2D eigenvalue weighted by molar-refractivity contribution is -0.148. The van der Waals surface area contributed by atoms with Crippen molar-refractivity contribution >= 4 is 23.6 Å². The van der Waals surface area contributed by atoms with E-state index < -0.39 is 5.41 Å². The molecule has 3 aliphatic rings. The van der Waals surface area contributed by atoms with Gasteiger partial charge in [0.2, 0.25) is 11.8 Å². The summed E-state index contributed by atoms with van der Waals surface area (Å²) in [6, 6.07) is 0.266. The lowest BCUT2D eigenvalue weighted by Crippen LogP contribution is -2.52. The molecule has 0 aromatic carbocycles. The summed E-state index contributed by atoms with van der Waals surface area (Å²) < 4.78 is 0. The normalized spacial score (nSPS) is 29.5. The van der Waals surface area contributed by atoms with Crippen molar-refractivity contribution in [3.8, 4) is 0 Å². The van der Waals surface area contributed by atoms with E-state index in [2.05, 4.69) is 4.90 Å². The van der Waals surface area contributed by atoms with Crippen molar-refractivity contribution in [3.63, 3.8) is 0 Å². The summed E-state index contributed by atoms with van der Waals surface area (Å²) in [4.78, 5) is 32.1. The molecule has 0 N–H and O–H groups in total. The first-order valence-electron chi connectivity index (χ1n) is 8.79. The quantitative estimate of drug-likeness (QED) is 0.728. The number of carbonyl (C=O) groups is 2. The van der Waals surface area contributed by atoms with Crippen LogP contribution in [0.3, 0.4) is 0 Å². The van der Waals surface area contributed by atoms with Crippen LogP contribution >= 0.6 is 11.8 Å². The van der Waals surface area contributed by atoms with E-state index in [-0.39, 0.29) is 17.9 Å². The molecule has 0 unspecified atom stereocenters. The van der Waals surface area contributed by atoms with Crippen molar-refractivity contribution in [2.45, 2.75) is 52.1 Å². The maximum Gasteiger partial charge on any atom is 0.246 e. The summed E-state index contributed by atoms with van der Waals surface area (Å²) in [6.45, 7) is 9.77. The molecule has 0 bridgehead atoms. The van der Waals surface area contributed by atoms with Crippen LogP contribution in [-0.4, -0.2) is 76.4 Å². The van der Waals surface area contributed by atoms with Crippen LogP contribution < -0.4 is 0 Å². The minimum absolute atomic E-state index is 0.0955. The van der Waals surface area contributed by atoms with Gasteiger partial charge in [-0.05, 0) is 25.8 Å². The van der Waals surface area contributed by atoms with Crippen LogP contribution in [0.25, 0.3) is 0 Å². The second kappa shape index (κ2) is 6.63. The van der Waals surface area contributed by atoms with E-state index in [0.29, 0.717) is 11.9 Å². The average molecular weight is 340 g/mol. The monoisotopic (exact) mass is 339 g/mol. The van der Waals surface area contributed by atoms with Crippen molar-refractivity contribution in [1.82, 2.24) is 14.7 Å². The number of nitrogens with zero attached hydrogens (tertiary/aromatic N) is 3. The summed E-state index contributed by atoms with van der Waals surface area (Å²) in [7, 11) is 0. The van der Waals surface area contributed by atoms with Gasteiger partial charge < -0.3 is 9.80 Å². The molecule has 3 rings (SSSR count). The van der Waals surface area contributed by atoms with Gasteiger partial charge in [-0.1, -0.05) is 20.8 Å². The molecule has 2 amide bonds. The molecule has 23 heavy (non-hydrogen) atoms. The summed E-state index contributed by atoms with van der Waals surface area (Å²) in [6.07, 6.45) is 3.50. The highest BCUT2D eigenvalue weighted by molar-refractivity contribution is 7.99. The van der Waals surface area contributed by atoms with E-state index in [1.165, 1.54) is 19.4 Å². The van der Waals surface area contributed by atoms with E-state index >= 15 is 0 Å². The first-order chi connectivity index (χ1) is 10.9. The average Bonchev–Trinajstić information content (AvgIpc) is 3.09. The Morgan fingerprint density at radius 3 is 2.57 bits per heavy atom. The molecule has 130 valence electrons. The molecule has 5 nitrogen and oxygen atoms in total. The molecular weight excluding hydrogens is 310 g/mol. The van der Waals surface area contributed by atoms with Crippen molar-refractivity contribution < 1.29 is 9.59 Å². The van der Waals surface area contributed by atoms with Crippen molar-refractivity contribution in [2.75, 3.05) is 37.8 Å². The molecule has 0 aromatic heterocycles. The Labute approximate surface area is 143 Å². The molecule has 2 atom stereocenters. The van der Waals surface area contributed by atoms with E-state index in [9.17, 15) is 9.59 Å². The molecule has 0 aromatic rings. The Balaban J connectivity index is 1.70. The van der Waals surface area contributed by atoms with Gasteiger partial charge in [0, 0.05) is 36.8 Å². The van der Waals surface area contributed by atoms with E-state index in [1.807, 2.05) is 30.6 Å². The second-order valence-electron chi connectivity index (χ2n) is 8.01. The van der Waals surface area contributed by atoms with E-state index in [1.54, 1.807) is 11.8 Å². The molecular formula is C17H29N3O2S. The van der Waals surface area contributed by atoms with Crippen LogP contribution in [0.4, 0.5) is 0 Å². The van der Waals surface area contributed by atoms with Crippen LogP contribution in [-0.2, 0) is 9.59 Å². The first kappa shape index (κ1) is 17.1. The van der Waals surface area contributed by atoms with E-state index in [0.717, 1.165) is 31.8 Å². The number of thioether (sulfide) groups is 1. The fourth-order valence-electron chi connectivity index (χ4n) is 3.90. The van der Waals surface area contributed by atoms with Crippen LogP contribution in [0.5, 0.6) is 0 Å². The van der Waals surface area contributed by atoms with Crippen LogP contribution in [0, 0.1) is 5.41 Å². The number of hydrogen-bond acceptors (Lipinski definition) is 4. The standard InChI is InChI=1S/C17H29N3O2S/c1-17(2,3)16(22)20-12-23-11-14(20)15(21)19-9-5-8-18-7-4-6-13(18)10-19/h13-14H,4-12H2,1-3H3/t13-,14+/m1/s1. The zero-order valence-electron chi connectivity index (χ0n) is 14.6. The van der Waals surface area contributed by atoms with Gasteiger partial charge in [0.25, 0.3) is 0 Å². The first-order valence-corrected chi connectivity index (χ1v) is 9.95. The van der Waals surface area contributed by atoms with Gasteiger partial charge in [0.1, 0.15) is 6.04 Å². The Morgan fingerprint density at radius 2 is 1.83 bits per heavy atom. The van der Waals surface area contributed by atoms with Gasteiger partial charge in [0.15, 0.2) is 0 Å². The molecule has 3 fully saturated rings. The topological polar surface area (TPSA) is 43.9 Å². The zero-order valence-corrected chi connectivity index (χ0v) is 15.4. The van der Waals surface area contributed by atoms with Crippen molar-refractivity contribution in [3.05, 3.63) is 0 Å². The number of fused-ring (bicyclic) bond motifs is 1. The smallest absolute Gasteiger partial charge is 0.246 e. The molecule has 3 saturated heterocycles. The van der Waals surface area contributed by atoms with Crippen LogP contribution in [0.1, 0.15) is 40.0 Å². The van der Waals surface area contributed by atoms with Crippen molar-refractivity contribution in [1.29, 1.82) is 0 Å². The van der Waals surface area contributed by atoms with Crippen molar-refractivity contribution in [2.24, 2.45) is 5.41 Å². The molecule has 0 spiro atoms. The minimum atomic E-state index is -0.426. The summed E-state index contributed by atoms with van der Waals surface area (Å²) in [5, 5.41) is 0. The predicted octanol–water partition coefficient (Wildman–Crippen LogP) is 1.63. The third-order valence-electron chi connectivity index (χ3n) is 5.19. The minimum Gasteiger partial charge on any atom is -0.339 e. The molecule has 3 heterocycles. The molecule has 0 aliphatic carbocycles. The molecule has 6 heteroatoms. The fraction of sp³-hybridized carbons (Fsp3) is 0.882. The van der Waals surface area contributed by atoms with Crippen LogP contribution in [0.2, 0.25) is 0 Å². The molecule has 0 radical (unpaired) electrons. The summed E-state index contributed by atoms with van der Waals surface area (Å²) >= 11 is 1.70. The number of hydrogen-bond donors (Lipinski definition) is 0. The number of amides is 2. The van der Waals surface area contributed by atoms with Gasteiger partial charge in [-0.15, -0.1) is 11.8 Å². The number of rotatable bonds is 1. The Morgan fingerprint density at radius 1 is 1.09 bits per heavy atom. The lowest BCUT2D eigenvalue weighted by atomic mass is 9.94. The maximum atomic E-state index is 13.1. The fourth-order valence-corrected chi connectivity index (χ4v) is 5.04. The van der Waals surface area contributed by atoms with Gasteiger partial charge in [-0.25, -0.2) is 0 Å². The molecule has 0 saturated carbocycles. The Bertz CT molecular complexity index is 477. The van der Waals surface area contributed by atoms with E-state index in [4.69, 9.17) is 0 Å². The summed E-state index contributed by atoms with van der Waals surface area (Å²) in [5.74, 6) is 1.65. The Hall–Kier alpha value is -0.750. The van der Waals surface area contributed by atoms with Crippen LogP contribution in [0.15, 0.2) is 0 Å². The Kier molecular flexibility index (Phi) is 4.93. The highest BCUT2D eigenvalue weighted by atomic mass is 32.2. The van der Waals surface area contributed by atoms with Gasteiger partial charge in [-0.2, -0.15) is 0 Å². The SMILES string of the molecule is CC(C)(C)C(=O)N1CSC[C@H]1C(=O)N1CCCN2CCC[C@@H]2C1. The highest BCUT2D eigenvalue weighted by Gasteiger charge is 2.41. The van der Waals surface area contributed by atoms with Gasteiger partial charge in [0.05, 0.1) is 5.88 Å². The largest absolute Gasteiger partial charge is 0.339 e. The summed E-state index contributed by atoms with van der Waals surface area (Å²) in [5.41, 5.74) is -0.426. The highest BCUT2D eigenvalue weighted by Crippen LogP contribution is 2.29. The lowest BCUT2D eigenvalue weighted by Gasteiger charge is -2.33. The second-order valence-corrected chi connectivity index (χ2v) is 9.01. The predicted molar refractivity (Wildman–Crippen MR) is 93.2 cm³/mol. The zero-order chi connectivity index (χ0) is 16.6. The van der Waals surface area contributed by atoms with Gasteiger partial charge >= 0.3 is 0 Å². The number of carbonyl (C=O) groups excluding carboxylic acids is 2.